The van der Waals surface area contributed by atoms with E-state index in [2.05, 4.69) is 25.5 Å². The van der Waals surface area contributed by atoms with Gasteiger partial charge < -0.3 is 14.2 Å². The van der Waals surface area contributed by atoms with Gasteiger partial charge in [-0.25, -0.2) is 8.42 Å². The Balaban J connectivity index is 1.78. The number of nitrogens with one attached hydrogen (secondary N) is 1. The van der Waals surface area contributed by atoms with E-state index in [9.17, 15) is 8.42 Å². The maximum Gasteiger partial charge on any atom is 0.261 e. The largest absolute Gasteiger partial charge is 0.493 e. The summed E-state index contributed by atoms with van der Waals surface area (Å²) in [5.74, 6) is 1.68. The van der Waals surface area contributed by atoms with Crippen LogP contribution in [0.1, 0.15) is 37.5 Å². The quantitative estimate of drug-likeness (QED) is 0.401. The molecule has 0 aliphatic heterocycles. The Hall–Kier alpha value is -3.45. The molecule has 0 atom stereocenters. The van der Waals surface area contributed by atoms with Gasteiger partial charge in [0.15, 0.2) is 11.5 Å². The lowest BCUT2D eigenvalue weighted by atomic mass is 9.87. The highest BCUT2D eigenvalue weighted by Gasteiger charge is 2.19. The normalized spacial score (nSPS) is 11.9. The molecular weight excluding hydrogens is 450 g/mol. The second-order valence-electron chi connectivity index (χ2n) is 8.80. The van der Waals surface area contributed by atoms with Gasteiger partial charge in [0.2, 0.25) is 5.75 Å². The fourth-order valence-electron chi connectivity index (χ4n) is 3.40. The number of hydrogen-bond acceptors (Lipinski definition) is 5. The van der Waals surface area contributed by atoms with Gasteiger partial charge in [0.05, 0.1) is 26.2 Å². The molecule has 6 nitrogen and oxygen atoms in total. The molecule has 0 aromatic heterocycles. The van der Waals surface area contributed by atoms with Gasteiger partial charge in [0.25, 0.3) is 10.0 Å². The van der Waals surface area contributed by atoms with Gasteiger partial charge in [-0.2, -0.15) is 0 Å². The lowest BCUT2D eigenvalue weighted by molar-refractivity contribution is 0.324. The summed E-state index contributed by atoms with van der Waals surface area (Å²) in [6.07, 6.45) is 3.84. The smallest absolute Gasteiger partial charge is 0.261 e. The fourth-order valence-corrected chi connectivity index (χ4v) is 4.50. The molecule has 0 radical (unpaired) electrons. The molecule has 0 unspecified atom stereocenters. The van der Waals surface area contributed by atoms with Crippen molar-refractivity contribution in [2.75, 3.05) is 26.1 Å². The molecule has 3 aromatic carbocycles. The molecule has 0 bridgehead atoms. The first-order valence-electron chi connectivity index (χ1n) is 10.8. The van der Waals surface area contributed by atoms with Crippen LogP contribution in [0.15, 0.2) is 65.6 Å². The van der Waals surface area contributed by atoms with Crippen LogP contribution < -0.4 is 18.9 Å². The highest BCUT2D eigenvalue weighted by atomic mass is 32.2. The first kappa shape index (κ1) is 25.2. The predicted octanol–water partition coefficient (Wildman–Crippen LogP) is 5.98. The number of sulfonamides is 1. The highest BCUT2D eigenvalue weighted by molar-refractivity contribution is 7.92. The van der Waals surface area contributed by atoms with Crippen LogP contribution in [0.4, 0.5) is 5.69 Å². The van der Waals surface area contributed by atoms with E-state index in [0.717, 1.165) is 16.7 Å². The number of ether oxygens (including phenoxy) is 3. The molecule has 3 aromatic rings. The van der Waals surface area contributed by atoms with E-state index >= 15 is 0 Å². The number of rotatable bonds is 8. The number of hydrogen-bond donors (Lipinski definition) is 1. The third-order valence-corrected chi connectivity index (χ3v) is 6.71. The van der Waals surface area contributed by atoms with Crippen molar-refractivity contribution in [2.24, 2.45) is 0 Å². The second-order valence-corrected chi connectivity index (χ2v) is 10.5. The summed E-state index contributed by atoms with van der Waals surface area (Å²) in [4.78, 5) is 0.242. The number of benzene rings is 3. The Kier molecular flexibility index (Phi) is 7.57. The standard InChI is InChI=1S/C27H31NO5S/c1-27(2,3)21-8-7-9-23(18-21)34(29,30)28-22-14-12-19(13-15-22)10-11-20-16-24(31-4)26(33-6)25(17-20)32-5/h7-18,28H,1-6H3. The van der Waals surface area contributed by atoms with Crippen LogP contribution in [-0.4, -0.2) is 29.7 Å². The summed E-state index contributed by atoms with van der Waals surface area (Å²) in [5.41, 5.74) is 3.09. The zero-order chi connectivity index (χ0) is 24.9. The van der Waals surface area contributed by atoms with Gasteiger partial charge in [-0.1, -0.05) is 57.2 Å². The van der Waals surface area contributed by atoms with Crippen molar-refractivity contribution in [2.45, 2.75) is 31.1 Å². The zero-order valence-corrected chi connectivity index (χ0v) is 21.2. The molecule has 0 spiro atoms. The Morgan fingerprint density at radius 3 is 1.88 bits per heavy atom. The number of methoxy groups -OCH3 is 3. The van der Waals surface area contributed by atoms with Crippen LogP contribution in [-0.2, 0) is 15.4 Å². The highest BCUT2D eigenvalue weighted by Crippen LogP contribution is 2.38. The Bertz CT molecular complexity index is 1250. The third-order valence-electron chi connectivity index (χ3n) is 5.33. The zero-order valence-electron chi connectivity index (χ0n) is 20.4. The molecule has 0 fully saturated rings. The van der Waals surface area contributed by atoms with Gasteiger partial charge in [-0.05, 0) is 58.5 Å². The van der Waals surface area contributed by atoms with Crippen molar-refractivity contribution in [1.29, 1.82) is 0 Å². The first-order valence-corrected chi connectivity index (χ1v) is 12.3. The fraction of sp³-hybridized carbons (Fsp3) is 0.259. The minimum atomic E-state index is -3.69. The molecule has 0 aliphatic carbocycles. The summed E-state index contributed by atoms with van der Waals surface area (Å²) >= 11 is 0. The van der Waals surface area contributed by atoms with Crippen molar-refractivity contribution in [3.63, 3.8) is 0 Å². The molecular formula is C27H31NO5S. The topological polar surface area (TPSA) is 73.9 Å². The first-order chi connectivity index (χ1) is 16.1. The molecule has 34 heavy (non-hydrogen) atoms. The van der Waals surface area contributed by atoms with Crippen LogP contribution in [0.3, 0.4) is 0 Å². The summed E-state index contributed by atoms with van der Waals surface area (Å²) in [7, 11) is 1.02. The molecule has 3 rings (SSSR count). The van der Waals surface area contributed by atoms with Crippen molar-refractivity contribution < 1.29 is 22.6 Å². The molecule has 0 amide bonds. The molecule has 1 N–H and O–H groups in total. The van der Waals surface area contributed by atoms with E-state index in [0.29, 0.717) is 22.9 Å². The lowest BCUT2D eigenvalue weighted by Gasteiger charge is -2.20. The van der Waals surface area contributed by atoms with Crippen molar-refractivity contribution in [1.82, 2.24) is 0 Å². The second kappa shape index (κ2) is 10.2. The van der Waals surface area contributed by atoms with E-state index in [4.69, 9.17) is 14.2 Å². The number of anilines is 1. The van der Waals surface area contributed by atoms with Gasteiger partial charge in [0.1, 0.15) is 0 Å². The van der Waals surface area contributed by atoms with Crippen molar-refractivity contribution in [3.05, 3.63) is 77.4 Å². The summed E-state index contributed by atoms with van der Waals surface area (Å²) < 4.78 is 44.6. The molecule has 0 saturated carbocycles. The molecule has 0 aliphatic rings. The van der Waals surface area contributed by atoms with Gasteiger partial charge >= 0.3 is 0 Å². The minimum absolute atomic E-state index is 0.141. The monoisotopic (exact) mass is 481 g/mol. The third kappa shape index (κ3) is 5.91. The molecule has 180 valence electrons. The van der Waals surface area contributed by atoms with Crippen LogP contribution in [0.5, 0.6) is 17.2 Å². The molecule has 0 saturated heterocycles. The average molecular weight is 482 g/mol. The summed E-state index contributed by atoms with van der Waals surface area (Å²) in [5, 5.41) is 0. The molecule has 0 heterocycles. The Morgan fingerprint density at radius 1 is 0.765 bits per heavy atom. The Labute approximate surface area is 202 Å². The van der Waals surface area contributed by atoms with Crippen molar-refractivity contribution >= 4 is 27.9 Å². The summed E-state index contributed by atoms with van der Waals surface area (Å²) in [6, 6.07) is 17.9. The van der Waals surface area contributed by atoms with E-state index in [1.807, 2.05) is 42.5 Å². The maximum atomic E-state index is 12.9. The summed E-state index contributed by atoms with van der Waals surface area (Å²) in [6.45, 7) is 6.16. The van der Waals surface area contributed by atoms with E-state index in [1.54, 1.807) is 51.7 Å². The van der Waals surface area contributed by atoms with Crippen LogP contribution in [0.25, 0.3) is 12.2 Å². The van der Waals surface area contributed by atoms with E-state index in [1.165, 1.54) is 0 Å². The van der Waals surface area contributed by atoms with Crippen LogP contribution in [0, 0.1) is 0 Å². The molecule has 7 heteroatoms. The van der Waals surface area contributed by atoms with Crippen LogP contribution in [0.2, 0.25) is 0 Å². The SMILES string of the molecule is COc1cc(C=Cc2ccc(NS(=O)(=O)c3cccc(C(C)(C)C)c3)cc2)cc(OC)c1OC. The predicted molar refractivity (Wildman–Crippen MR) is 137 cm³/mol. The van der Waals surface area contributed by atoms with Crippen molar-refractivity contribution in [3.8, 4) is 17.2 Å². The lowest BCUT2D eigenvalue weighted by Crippen LogP contribution is -2.16. The Morgan fingerprint density at radius 2 is 1.35 bits per heavy atom. The van der Waals surface area contributed by atoms with Gasteiger partial charge in [-0.3, -0.25) is 4.72 Å². The minimum Gasteiger partial charge on any atom is -0.493 e. The average Bonchev–Trinajstić information content (AvgIpc) is 2.82. The van der Waals surface area contributed by atoms with Gasteiger partial charge in [0, 0.05) is 5.69 Å². The van der Waals surface area contributed by atoms with Crippen LogP contribution >= 0.6 is 0 Å². The van der Waals surface area contributed by atoms with Gasteiger partial charge in [-0.15, -0.1) is 0 Å². The van der Waals surface area contributed by atoms with E-state index in [-0.39, 0.29) is 10.3 Å². The van der Waals surface area contributed by atoms with E-state index < -0.39 is 10.0 Å². The maximum absolute atomic E-state index is 12.9.